The van der Waals surface area contributed by atoms with Crippen LogP contribution in [0.3, 0.4) is 0 Å². The van der Waals surface area contributed by atoms with Gasteiger partial charge in [-0.3, -0.25) is 4.79 Å². The molecule has 1 N–H and O–H groups in total. The maximum Gasteiger partial charge on any atom is 0.261 e. The van der Waals surface area contributed by atoms with Crippen LogP contribution in [-0.4, -0.2) is 20.9 Å². The third-order valence-corrected chi connectivity index (χ3v) is 5.53. The van der Waals surface area contributed by atoms with Crippen LogP contribution in [0.15, 0.2) is 23.1 Å². The number of nitrogens with one attached hydrogen (secondary N) is 1. The number of hydrogen-bond donors (Lipinski definition) is 1. The molecule has 1 aromatic rings. The molecular weight excluding hydrogens is 317 g/mol. The molecule has 0 bridgehead atoms. The van der Waals surface area contributed by atoms with Gasteiger partial charge in [0, 0.05) is 17.2 Å². The predicted molar refractivity (Wildman–Crippen MR) is 78.3 cm³/mol. The Morgan fingerprint density at radius 2 is 2.05 bits per heavy atom. The van der Waals surface area contributed by atoms with Gasteiger partial charge in [-0.1, -0.05) is 13.8 Å². The second-order valence-electron chi connectivity index (χ2n) is 5.78. The van der Waals surface area contributed by atoms with Crippen molar-refractivity contribution in [1.29, 1.82) is 0 Å². The lowest BCUT2D eigenvalue weighted by molar-refractivity contribution is 0.0935. The molecule has 0 spiro atoms. The van der Waals surface area contributed by atoms with Crippen molar-refractivity contribution in [3.05, 3.63) is 29.6 Å². The Morgan fingerprint density at radius 3 is 2.52 bits per heavy atom. The fourth-order valence-electron chi connectivity index (χ4n) is 2.30. The molecule has 1 aliphatic rings. The Morgan fingerprint density at radius 1 is 1.43 bits per heavy atom. The van der Waals surface area contributed by atoms with Crippen LogP contribution in [-0.2, 0) is 9.05 Å². The lowest BCUT2D eigenvalue weighted by Gasteiger charge is -2.20. The highest BCUT2D eigenvalue weighted by atomic mass is 35.7. The van der Waals surface area contributed by atoms with Crippen molar-refractivity contribution >= 4 is 25.6 Å². The Kier molecular flexibility index (Phi) is 4.31. The molecule has 0 heterocycles. The summed E-state index contributed by atoms with van der Waals surface area (Å²) in [6, 6.07) is 2.92. The number of amides is 1. The van der Waals surface area contributed by atoms with Crippen LogP contribution in [0.1, 0.15) is 37.0 Å². The first-order valence-corrected chi connectivity index (χ1v) is 8.99. The molecule has 7 heteroatoms. The standard InChI is InChI=1S/C14H17ClFNO3S/c1-9(2)14(5-6-14)8-17-13(18)11-7-10(21(15,19)20)3-4-12(11)16/h3-4,7,9H,5-6,8H2,1-2H3,(H,17,18). The van der Waals surface area contributed by atoms with Crippen LogP contribution in [0.2, 0.25) is 0 Å². The Bertz CT molecular complexity index is 669. The van der Waals surface area contributed by atoms with E-state index in [4.69, 9.17) is 10.7 Å². The fraction of sp³-hybridized carbons (Fsp3) is 0.500. The number of carbonyl (C=O) groups is 1. The van der Waals surface area contributed by atoms with E-state index < -0.39 is 20.8 Å². The minimum absolute atomic E-state index is 0.0856. The molecule has 1 saturated carbocycles. The zero-order valence-corrected chi connectivity index (χ0v) is 13.4. The molecule has 0 unspecified atom stereocenters. The molecule has 0 atom stereocenters. The molecule has 116 valence electrons. The number of halogens is 2. The van der Waals surface area contributed by atoms with Gasteiger partial charge in [-0.05, 0) is 42.4 Å². The molecule has 0 aliphatic heterocycles. The fourth-order valence-corrected chi connectivity index (χ4v) is 3.08. The molecule has 0 radical (unpaired) electrons. The van der Waals surface area contributed by atoms with E-state index in [1.807, 2.05) is 0 Å². The summed E-state index contributed by atoms with van der Waals surface area (Å²) in [5.41, 5.74) is -0.223. The SMILES string of the molecule is CC(C)C1(CNC(=O)c2cc(S(=O)(=O)Cl)ccc2F)CC1. The van der Waals surface area contributed by atoms with Crippen LogP contribution in [0.4, 0.5) is 4.39 Å². The number of benzene rings is 1. The summed E-state index contributed by atoms with van der Waals surface area (Å²) in [5, 5.41) is 2.69. The van der Waals surface area contributed by atoms with Crippen molar-refractivity contribution in [3.8, 4) is 0 Å². The predicted octanol–water partition coefficient (Wildman–Crippen LogP) is 2.92. The number of carbonyl (C=O) groups excluding carboxylic acids is 1. The summed E-state index contributed by atoms with van der Waals surface area (Å²) < 4.78 is 36.2. The molecular formula is C14H17ClFNO3S. The summed E-state index contributed by atoms with van der Waals surface area (Å²) in [4.78, 5) is 11.8. The van der Waals surface area contributed by atoms with E-state index in [0.717, 1.165) is 31.0 Å². The maximum atomic E-state index is 13.7. The first kappa shape index (κ1) is 16.2. The zero-order chi connectivity index (χ0) is 15.8. The van der Waals surface area contributed by atoms with Gasteiger partial charge in [0.15, 0.2) is 0 Å². The van der Waals surface area contributed by atoms with Crippen LogP contribution < -0.4 is 5.32 Å². The van der Waals surface area contributed by atoms with Gasteiger partial charge in [0.2, 0.25) is 0 Å². The molecule has 0 aromatic heterocycles. The third kappa shape index (κ3) is 3.55. The highest BCUT2D eigenvalue weighted by Crippen LogP contribution is 2.51. The summed E-state index contributed by atoms with van der Waals surface area (Å²) in [5.74, 6) is -0.968. The average molecular weight is 334 g/mol. The van der Waals surface area contributed by atoms with E-state index in [0.29, 0.717) is 12.5 Å². The van der Waals surface area contributed by atoms with Crippen molar-refractivity contribution < 1.29 is 17.6 Å². The first-order valence-electron chi connectivity index (χ1n) is 6.68. The van der Waals surface area contributed by atoms with E-state index in [1.165, 1.54) is 0 Å². The van der Waals surface area contributed by atoms with Crippen molar-refractivity contribution in [2.75, 3.05) is 6.54 Å². The van der Waals surface area contributed by atoms with E-state index in [9.17, 15) is 17.6 Å². The number of rotatable bonds is 5. The smallest absolute Gasteiger partial charge is 0.261 e. The van der Waals surface area contributed by atoms with E-state index >= 15 is 0 Å². The quantitative estimate of drug-likeness (QED) is 0.843. The van der Waals surface area contributed by atoms with Crippen LogP contribution >= 0.6 is 10.7 Å². The van der Waals surface area contributed by atoms with Crippen molar-refractivity contribution in [2.45, 2.75) is 31.6 Å². The van der Waals surface area contributed by atoms with E-state index in [-0.39, 0.29) is 15.9 Å². The lowest BCUT2D eigenvalue weighted by Crippen LogP contribution is -2.33. The molecule has 0 saturated heterocycles. The molecule has 4 nitrogen and oxygen atoms in total. The molecule has 2 rings (SSSR count). The van der Waals surface area contributed by atoms with Gasteiger partial charge >= 0.3 is 0 Å². The maximum absolute atomic E-state index is 13.7. The highest BCUT2D eigenvalue weighted by Gasteiger charge is 2.45. The van der Waals surface area contributed by atoms with Gasteiger partial charge < -0.3 is 5.32 Å². The van der Waals surface area contributed by atoms with Gasteiger partial charge in [-0.2, -0.15) is 0 Å². The van der Waals surface area contributed by atoms with Gasteiger partial charge in [-0.15, -0.1) is 0 Å². The summed E-state index contributed by atoms with van der Waals surface area (Å²) in [7, 11) is 1.21. The summed E-state index contributed by atoms with van der Waals surface area (Å²) >= 11 is 0. The molecule has 21 heavy (non-hydrogen) atoms. The van der Waals surface area contributed by atoms with Crippen molar-refractivity contribution in [2.24, 2.45) is 11.3 Å². The minimum atomic E-state index is -3.99. The van der Waals surface area contributed by atoms with Gasteiger partial charge in [0.1, 0.15) is 5.82 Å². The Balaban J connectivity index is 2.16. The third-order valence-electron chi connectivity index (χ3n) is 4.18. The Labute approximate surface area is 128 Å². The topological polar surface area (TPSA) is 63.2 Å². The van der Waals surface area contributed by atoms with Gasteiger partial charge in [-0.25, -0.2) is 12.8 Å². The minimum Gasteiger partial charge on any atom is -0.351 e. The summed E-state index contributed by atoms with van der Waals surface area (Å²) in [6.45, 7) is 4.63. The molecule has 1 amide bonds. The van der Waals surface area contributed by atoms with E-state index in [1.54, 1.807) is 0 Å². The lowest BCUT2D eigenvalue weighted by atomic mass is 9.92. The van der Waals surface area contributed by atoms with Gasteiger partial charge in [0.25, 0.3) is 15.0 Å². The number of hydrogen-bond acceptors (Lipinski definition) is 3. The molecule has 1 aromatic carbocycles. The first-order chi connectivity index (χ1) is 9.66. The van der Waals surface area contributed by atoms with Crippen molar-refractivity contribution in [1.82, 2.24) is 5.32 Å². The van der Waals surface area contributed by atoms with Crippen molar-refractivity contribution in [3.63, 3.8) is 0 Å². The van der Waals surface area contributed by atoms with Crippen LogP contribution in [0, 0.1) is 17.2 Å². The highest BCUT2D eigenvalue weighted by molar-refractivity contribution is 8.13. The van der Waals surface area contributed by atoms with Crippen LogP contribution in [0.5, 0.6) is 0 Å². The average Bonchev–Trinajstić information content (AvgIpc) is 3.16. The van der Waals surface area contributed by atoms with Gasteiger partial charge in [0.05, 0.1) is 10.5 Å². The largest absolute Gasteiger partial charge is 0.351 e. The van der Waals surface area contributed by atoms with E-state index in [2.05, 4.69) is 19.2 Å². The molecule has 1 aliphatic carbocycles. The normalized spacial score (nSPS) is 16.8. The second-order valence-corrected chi connectivity index (χ2v) is 8.35. The second kappa shape index (κ2) is 5.57. The zero-order valence-electron chi connectivity index (χ0n) is 11.8. The van der Waals surface area contributed by atoms with Crippen LogP contribution in [0.25, 0.3) is 0 Å². The monoisotopic (exact) mass is 333 g/mol. The summed E-state index contributed by atoms with van der Waals surface area (Å²) in [6.07, 6.45) is 2.06. The molecule has 1 fully saturated rings. The Hall–Kier alpha value is -1.14.